The number of nitrogens with one attached hydrogen (secondary N) is 1. The summed E-state index contributed by atoms with van der Waals surface area (Å²) in [4.78, 5) is 31.2. The van der Waals surface area contributed by atoms with E-state index in [0.29, 0.717) is 44.7 Å². The van der Waals surface area contributed by atoms with Crippen molar-refractivity contribution < 1.29 is 32.2 Å². The van der Waals surface area contributed by atoms with Crippen LogP contribution in [0.1, 0.15) is 24.5 Å². The van der Waals surface area contributed by atoms with Crippen molar-refractivity contribution in [3.8, 4) is 5.75 Å². The van der Waals surface area contributed by atoms with Crippen LogP contribution in [-0.2, 0) is 9.53 Å². The first-order chi connectivity index (χ1) is 13.3. The second-order valence-corrected chi connectivity index (χ2v) is 6.60. The Morgan fingerprint density at radius 1 is 1.21 bits per heavy atom. The predicted molar refractivity (Wildman–Crippen MR) is 90.4 cm³/mol. The molecule has 0 spiro atoms. The van der Waals surface area contributed by atoms with E-state index in [1.807, 2.05) is 0 Å². The summed E-state index contributed by atoms with van der Waals surface area (Å²) in [5.74, 6) is -0.494. The molecular weight excluding hydrogens is 381 g/mol. The number of rotatable bonds is 2. The minimum Gasteiger partial charge on any atom is -0.404 e. The number of carbonyl (C=O) groups is 2. The summed E-state index contributed by atoms with van der Waals surface area (Å²) in [6, 6.07) is 2.62. The molecule has 2 fully saturated rings. The molecule has 2 aliphatic rings. The van der Waals surface area contributed by atoms with Crippen LogP contribution in [0, 0.1) is 0 Å². The zero-order valence-corrected chi connectivity index (χ0v) is 15.1. The van der Waals surface area contributed by atoms with Crippen LogP contribution in [0.4, 0.5) is 18.0 Å². The molecule has 11 heteroatoms. The molecule has 0 saturated carbocycles. The van der Waals surface area contributed by atoms with E-state index < -0.39 is 6.36 Å². The Bertz CT molecular complexity index is 679. The molecule has 1 aromatic heterocycles. The lowest BCUT2D eigenvalue weighted by Crippen LogP contribution is -2.51. The molecule has 2 aliphatic heterocycles. The number of carbonyl (C=O) groups excluding carboxylic acids is 2. The molecule has 1 N–H and O–H groups in total. The normalized spacial score (nSPS) is 19.6. The fraction of sp³-hybridized carbons (Fsp3) is 0.588. The summed E-state index contributed by atoms with van der Waals surface area (Å²) >= 11 is 0. The van der Waals surface area contributed by atoms with Crippen molar-refractivity contribution in [2.75, 3.05) is 39.5 Å². The quantitative estimate of drug-likeness (QED) is 0.814. The van der Waals surface area contributed by atoms with Crippen LogP contribution in [0.2, 0.25) is 0 Å². The van der Waals surface area contributed by atoms with Gasteiger partial charge in [0.05, 0.1) is 6.20 Å². The first-order valence-corrected chi connectivity index (χ1v) is 8.92. The van der Waals surface area contributed by atoms with E-state index in [-0.39, 0.29) is 36.9 Å². The Labute approximate surface area is 159 Å². The molecule has 0 aliphatic carbocycles. The van der Waals surface area contributed by atoms with Gasteiger partial charge in [-0.1, -0.05) is 0 Å². The summed E-state index contributed by atoms with van der Waals surface area (Å²) in [6.07, 6.45) is -2.37. The lowest BCUT2D eigenvalue weighted by Gasteiger charge is -2.36. The molecule has 28 heavy (non-hydrogen) atoms. The molecule has 0 unspecified atom stereocenters. The molecule has 8 nitrogen and oxygen atoms in total. The molecule has 2 saturated heterocycles. The number of ether oxygens (including phenoxy) is 2. The Balaban J connectivity index is 1.51. The average Bonchev–Trinajstić information content (AvgIpc) is 2.64. The van der Waals surface area contributed by atoms with Crippen LogP contribution in [0.3, 0.4) is 0 Å². The standard InChI is InChI=1S/C17H21F3N4O4/c18-17(19,20)28-13-1-2-14(22-9-13)12-3-6-23(7-4-12)16(26)24-8-5-21-15(25)10-27-11-24/h1-2,9,12H,3-8,10-11H2,(H,21,25). The van der Waals surface area contributed by atoms with E-state index in [2.05, 4.69) is 15.0 Å². The monoisotopic (exact) mass is 402 g/mol. The first kappa shape index (κ1) is 20.2. The van der Waals surface area contributed by atoms with Crippen LogP contribution >= 0.6 is 0 Å². The zero-order valence-electron chi connectivity index (χ0n) is 15.1. The number of urea groups is 1. The molecule has 3 rings (SSSR count). The maximum Gasteiger partial charge on any atom is 0.573 e. The van der Waals surface area contributed by atoms with E-state index in [0.717, 1.165) is 6.20 Å². The number of likely N-dealkylation sites (tertiary alicyclic amines) is 1. The largest absolute Gasteiger partial charge is 0.573 e. The summed E-state index contributed by atoms with van der Waals surface area (Å²) in [6.45, 7) is 1.75. The lowest BCUT2D eigenvalue weighted by molar-refractivity contribution is -0.274. The van der Waals surface area contributed by atoms with Crippen molar-refractivity contribution >= 4 is 11.9 Å². The van der Waals surface area contributed by atoms with Gasteiger partial charge >= 0.3 is 12.4 Å². The molecule has 0 aromatic carbocycles. The van der Waals surface area contributed by atoms with E-state index in [1.165, 1.54) is 12.1 Å². The Morgan fingerprint density at radius 2 is 1.96 bits per heavy atom. The van der Waals surface area contributed by atoms with Crippen LogP contribution in [0.25, 0.3) is 0 Å². The number of piperidine rings is 1. The number of hydrogen-bond acceptors (Lipinski definition) is 5. The average molecular weight is 402 g/mol. The first-order valence-electron chi connectivity index (χ1n) is 8.92. The summed E-state index contributed by atoms with van der Waals surface area (Å²) in [7, 11) is 0. The van der Waals surface area contributed by atoms with Crippen LogP contribution in [0.15, 0.2) is 18.3 Å². The molecule has 0 atom stereocenters. The SMILES string of the molecule is O=C1COCN(C(=O)N2CCC(c3ccc(OC(F)(F)F)cn3)CC2)CCN1. The molecule has 3 amide bonds. The van der Waals surface area contributed by atoms with Gasteiger partial charge in [0, 0.05) is 37.8 Å². The van der Waals surface area contributed by atoms with Crippen molar-refractivity contribution in [1.29, 1.82) is 0 Å². The number of amides is 3. The third kappa shape index (κ3) is 5.47. The maximum absolute atomic E-state index is 12.6. The van der Waals surface area contributed by atoms with Gasteiger partial charge in [-0.15, -0.1) is 13.2 Å². The van der Waals surface area contributed by atoms with E-state index in [9.17, 15) is 22.8 Å². The van der Waals surface area contributed by atoms with Crippen molar-refractivity contribution in [3.05, 3.63) is 24.0 Å². The van der Waals surface area contributed by atoms with E-state index >= 15 is 0 Å². The molecule has 0 bridgehead atoms. The number of hydrogen-bond donors (Lipinski definition) is 1. The van der Waals surface area contributed by atoms with Crippen LogP contribution in [0.5, 0.6) is 5.75 Å². The smallest absolute Gasteiger partial charge is 0.404 e. The maximum atomic E-state index is 12.6. The zero-order chi connectivity index (χ0) is 20.1. The van der Waals surface area contributed by atoms with Crippen molar-refractivity contribution in [1.82, 2.24) is 20.1 Å². The summed E-state index contributed by atoms with van der Waals surface area (Å²) in [5.41, 5.74) is 0.680. The van der Waals surface area contributed by atoms with Gasteiger partial charge in [0.1, 0.15) is 19.1 Å². The number of nitrogens with zero attached hydrogens (tertiary/aromatic N) is 3. The Hall–Kier alpha value is -2.56. The van der Waals surface area contributed by atoms with Gasteiger partial charge in [0.25, 0.3) is 0 Å². The van der Waals surface area contributed by atoms with Crippen LogP contribution < -0.4 is 10.1 Å². The Morgan fingerprint density at radius 3 is 2.61 bits per heavy atom. The van der Waals surface area contributed by atoms with Gasteiger partial charge < -0.3 is 19.7 Å². The van der Waals surface area contributed by atoms with E-state index in [1.54, 1.807) is 9.80 Å². The fourth-order valence-corrected chi connectivity index (χ4v) is 3.24. The number of pyridine rings is 1. The van der Waals surface area contributed by atoms with Gasteiger partial charge in [-0.3, -0.25) is 14.7 Å². The number of halogens is 3. The van der Waals surface area contributed by atoms with Gasteiger partial charge in [-0.05, 0) is 25.0 Å². The van der Waals surface area contributed by atoms with Gasteiger partial charge in [-0.2, -0.15) is 0 Å². The molecule has 0 radical (unpaired) electrons. The molecule has 154 valence electrons. The highest BCUT2D eigenvalue weighted by Crippen LogP contribution is 2.29. The van der Waals surface area contributed by atoms with Gasteiger partial charge in [-0.25, -0.2) is 4.79 Å². The van der Waals surface area contributed by atoms with Gasteiger partial charge in [0.15, 0.2) is 0 Å². The third-order valence-corrected chi connectivity index (χ3v) is 4.63. The Kier molecular flexibility index (Phi) is 6.22. The van der Waals surface area contributed by atoms with E-state index in [4.69, 9.17) is 4.74 Å². The van der Waals surface area contributed by atoms with Crippen molar-refractivity contribution in [3.63, 3.8) is 0 Å². The highest BCUT2D eigenvalue weighted by molar-refractivity contribution is 5.78. The number of aromatic nitrogens is 1. The minimum atomic E-state index is -4.74. The van der Waals surface area contributed by atoms with Crippen molar-refractivity contribution in [2.45, 2.75) is 25.1 Å². The minimum absolute atomic E-state index is 0.0619. The topological polar surface area (TPSA) is 84.0 Å². The highest BCUT2D eigenvalue weighted by atomic mass is 19.4. The molecule has 3 heterocycles. The highest BCUT2D eigenvalue weighted by Gasteiger charge is 2.32. The predicted octanol–water partition coefficient (Wildman–Crippen LogP) is 1.69. The molecule has 1 aromatic rings. The second-order valence-electron chi connectivity index (χ2n) is 6.60. The van der Waals surface area contributed by atoms with Crippen LogP contribution in [-0.4, -0.2) is 72.6 Å². The fourth-order valence-electron chi connectivity index (χ4n) is 3.24. The summed E-state index contributed by atoms with van der Waals surface area (Å²) in [5, 5.41) is 2.65. The molecular formula is C17H21F3N4O4. The number of alkyl halides is 3. The summed E-state index contributed by atoms with van der Waals surface area (Å²) < 4.78 is 45.7. The lowest BCUT2D eigenvalue weighted by atomic mass is 9.93. The second kappa shape index (κ2) is 8.63. The van der Waals surface area contributed by atoms with Crippen molar-refractivity contribution in [2.24, 2.45) is 0 Å². The van der Waals surface area contributed by atoms with Gasteiger partial charge in [0.2, 0.25) is 5.91 Å². The third-order valence-electron chi connectivity index (χ3n) is 4.63.